The van der Waals surface area contributed by atoms with Crippen LogP contribution in [0, 0.1) is 19.8 Å². The standard InChI is InChI=1S/C31H44ClN5O3.ClH/c1-4-5-17-36-29(39)27(28(38)23-9-7-6-8-10-23)33-30(40)31(36)15-18-35(19-16-31)20-26-21(2)34-37(22(26)3)25-13-11-24(32)12-14-25;/h11-14,23,27-28,38H,4-10,15-20H2,1-3H3,(H,33,40);1H/t27-,28-;/m1./s1. The Labute approximate surface area is 255 Å². The Bertz CT molecular complexity index is 1200. The monoisotopic (exact) mass is 605 g/mol. The maximum Gasteiger partial charge on any atom is 0.248 e. The number of aliphatic hydroxyl groups excluding tert-OH is 1. The lowest BCUT2D eigenvalue weighted by atomic mass is 9.78. The number of halogens is 2. The summed E-state index contributed by atoms with van der Waals surface area (Å²) in [4.78, 5) is 31.9. The Kier molecular flexibility index (Phi) is 10.4. The van der Waals surface area contributed by atoms with E-state index in [0.29, 0.717) is 37.5 Å². The number of hydrogen-bond acceptors (Lipinski definition) is 5. The van der Waals surface area contributed by atoms with Gasteiger partial charge in [-0.1, -0.05) is 44.2 Å². The number of carbonyl (C=O) groups is 2. The summed E-state index contributed by atoms with van der Waals surface area (Å²) in [5.41, 5.74) is 3.40. The van der Waals surface area contributed by atoms with Crippen LogP contribution in [0.25, 0.3) is 5.69 Å². The highest BCUT2D eigenvalue weighted by molar-refractivity contribution is 6.30. The molecule has 2 amide bonds. The lowest BCUT2D eigenvalue weighted by Gasteiger charge is -2.52. The highest BCUT2D eigenvalue weighted by Gasteiger charge is 2.55. The number of benzene rings is 1. The Morgan fingerprint density at radius 3 is 2.39 bits per heavy atom. The van der Waals surface area contributed by atoms with E-state index in [0.717, 1.165) is 62.1 Å². The van der Waals surface area contributed by atoms with E-state index in [1.54, 1.807) is 0 Å². The molecule has 0 radical (unpaired) electrons. The van der Waals surface area contributed by atoms with Gasteiger partial charge in [0.1, 0.15) is 11.6 Å². The summed E-state index contributed by atoms with van der Waals surface area (Å²) in [6.45, 7) is 8.96. The number of nitrogens with zero attached hydrogens (tertiary/aromatic N) is 4. The minimum absolute atomic E-state index is 0. The fourth-order valence-electron chi connectivity index (χ4n) is 7.00. The molecule has 41 heavy (non-hydrogen) atoms. The van der Waals surface area contributed by atoms with E-state index >= 15 is 0 Å². The van der Waals surface area contributed by atoms with Gasteiger partial charge in [-0.05, 0) is 76.1 Å². The summed E-state index contributed by atoms with van der Waals surface area (Å²) in [6, 6.07) is 6.85. The van der Waals surface area contributed by atoms with E-state index in [2.05, 4.69) is 24.1 Å². The largest absolute Gasteiger partial charge is 0.390 e. The third-order valence-electron chi connectivity index (χ3n) is 9.54. The van der Waals surface area contributed by atoms with Crippen molar-refractivity contribution in [2.24, 2.45) is 5.92 Å². The van der Waals surface area contributed by atoms with Gasteiger partial charge in [0.15, 0.2) is 0 Å². The van der Waals surface area contributed by atoms with Gasteiger partial charge in [0.25, 0.3) is 0 Å². The molecule has 1 spiro atoms. The number of aromatic nitrogens is 2. The molecule has 2 N–H and O–H groups in total. The fourth-order valence-corrected chi connectivity index (χ4v) is 7.12. The topological polar surface area (TPSA) is 90.7 Å². The van der Waals surface area contributed by atoms with Crippen molar-refractivity contribution in [3.05, 3.63) is 46.2 Å². The minimum atomic E-state index is -0.844. The normalized spacial score (nSPS) is 22.5. The van der Waals surface area contributed by atoms with Crippen LogP contribution in [0.4, 0.5) is 0 Å². The summed E-state index contributed by atoms with van der Waals surface area (Å²) in [5, 5.41) is 19.7. The van der Waals surface area contributed by atoms with Crippen molar-refractivity contribution in [1.82, 2.24) is 24.9 Å². The van der Waals surface area contributed by atoms with Crippen molar-refractivity contribution in [1.29, 1.82) is 0 Å². The van der Waals surface area contributed by atoms with Crippen molar-refractivity contribution in [2.45, 2.75) is 103 Å². The van der Waals surface area contributed by atoms with Crippen LogP contribution in [0.3, 0.4) is 0 Å². The van der Waals surface area contributed by atoms with Crippen LogP contribution in [-0.2, 0) is 16.1 Å². The van der Waals surface area contributed by atoms with Crippen molar-refractivity contribution >= 4 is 35.8 Å². The molecule has 2 atom stereocenters. The SMILES string of the molecule is CCCCN1C(=O)[C@@H]([C@H](O)C2CCCCC2)NC(=O)C12CCN(Cc1c(C)nn(-c3ccc(Cl)cc3)c1C)CC2.Cl. The molecule has 0 bridgehead atoms. The summed E-state index contributed by atoms with van der Waals surface area (Å²) >= 11 is 6.08. The second-order valence-corrected chi connectivity index (χ2v) is 12.5. The molecule has 3 heterocycles. The molecule has 1 aromatic carbocycles. The molecular formula is C31H45Cl2N5O3. The van der Waals surface area contributed by atoms with Gasteiger partial charge in [0, 0.05) is 42.5 Å². The number of rotatable bonds is 8. The third kappa shape index (κ3) is 6.31. The molecule has 2 aliphatic heterocycles. The van der Waals surface area contributed by atoms with E-state index in [9.17, 15) is 14.7 Å². The third-order valence-corrected chi connectivity index (χ3v) is 9.80. The van der Waals surface area contributed by atoms with Gasteiger partial charge in [-0.15, -0.1) is 12.4 Å². The van der Waals surface area contributed by atoms with Crippen LogP contribution in [0.5, 0.6) is 0 Å². The minimum Gasteiger partial charge on any atom is -0.390 e. The highest BCUT2D eigenvalue weighted by atomic mass is 35.5. The van der Waals surface area contributed by atoms with Crippen molar-refractivity contribution in [3.8, 4) is 5.69 Å². The summed E-state index contributed by atoms with van der Waals surface area (Å²) in [6.07, 6.45) is 7.32. The van der Waals surface area contributed by atoms with Crippen LogP contribution in [0.1, 0.15) is 81.7 Å². The van der Waals surface area contributed by atoms with Crippen molar-refractivity contribution in [2.75, 3.05) is 19.6 Å². The maximum atomic E-state index is 13.9. The Hall–Kier alpha value is -2.13. The highest BCUT2D eigenvalue weighted by Crippen LogP contribution is 2.37. The van der Waals surface area contributed by atoms with Crippen LogP contribution in [0.15, 0.2) is 24.3 Å². The molecular weight excluding hydrogens is 561 g/mol. The van der Waals surface area contributed by atoms with Gasteiger partial charge >= 0.3 is 0 Å². The molecule has 1 aliphatic carbocycles. The smallest absolute Gasteiger partial charge is 0.248 e. The first-order valence-electron chi connectivity index (χ1n) is 15.1. The first kappa shape index (κ1) is 31.8. The Morgan fingerprint density at radius 1 is 1.10 bits per heavy atom. The number of aliphatic hydroxyl groups is 1. The number of hydrogen-bond donors (Lipinski definition) is 2. The molecule has 8 nitrogen and oxygen atoms in total. The second-order valence-electron chi connectivity index (χ2n) is 12.0. The number of piperazine rings is 1. The van der Waals surface area contributed by atoms with E-state index in [1.165, 1.54) is 12.0 Å². The van der Waals surface area contributed by atoms with E-state index in [-0.39, 0.29) is 30.1 Å². The quantitative estimate of drug-likeness (QED) is 0.443. The van der Waals surface area contributed by atoms with Gasteiger partial charge in [-0.2, -0.15) is 5.10 Å². The Balaban J connectivity index is 0.00000387. The second kappa shape index (κ2) is 13.4. The number of amides is 2. The average molecular weight is 607 g/mol. The molecule has 0 unspecified atom stereocenters. The molecule has 10 heteroatoms. The van der Waals surface area contributed by atoms with Gasteiger partial charge < -0.3 is 15.3 Å². The van der Waals surface area contributed by atoms with Gasteiger partial charge in [-0.3, -0.25) is 14.5 Å². The molecule has 226 valence electrons. The predicted octanol–water partition coefficient (Wildman–Crippen LogP) is 4.97. The number of aryl methyl sites for hydroxylation is 1. The lowest BCUT2D eigenvalue weighted by molar-refractivity contribution is -0.166. The molecule has 1 aromatic heterocycles. The summed E-state index contributed by atoms with van der Waals surface area (Å²) in [7, 11) is 0. The zero-order valence-electron chi connectivity index (χ0n) is 24.6. The van der Waals surface area contributed by atoms with Gasteiger partial charge in [0.05, 0.1) is 17.5 Å². The van der Waals surface area contributed by atoms with E-state index < -0.39 is 17.7 Å². The zero-order valence-corrected chi connectivity index (χ0v) is 26.1. The van der Waals surface area contributed by atoms with Crippen LogP contribution >= 0.6 is 24.0 Å². The molecule has 2 saturated heterocycles. The first-order valence-corrected chi connectivity index (χ1v) is 15.5. The zero-order chi connectivity index (χ0) is 28.4. The Morgan fingerprint density at radius 2 is 1.76 bits per heavy atom. The van der Waals surface area contributed by atoms with Crippen LogP contribution in [0.2, 0.25) is 5.02 Å². The molecule has 2 aromatic rings. The fraction of sp³-hybridized carbons (Fsp3) is 0.645. The van der Waals surface area contributed by atoms with E-state index in [1.807, 2.05) is 40.8 Å². The number of carbonyl (C=O) groups excluding carboxylic acids is 2. The van der Waals surface area contributed by atoms with E-state index in [4.69, 9.17) is 16.7 Å². The van der Waals surface area contributed by atoms with Gasteiger partial charge in [0.2, 0.25) is 11.8 Å². The van der Waals surface area contributed by atoms with Crippen LogP contribution < -0.4 is 5.32 Å². The predicted molar refractivity (Wildman–Crippen MR) is 164 cm³/mol. The van der Waals surface area contributed by atoms with Crippen LogP contribution in [-0.4, -0.2) is 73.8 Å². The summed E-state index contributed by atoms with van der Waals surface area (Å²) in [5.74, 6) is -0.117. The number of piperidine rings is 1. The molecule has 5 rings (SSSR count). The number of unbranched alkanes of at least 4 members (excludes halogenated alkanes) is 1. The molecule has 3 aliphatic rings. The van der Waals surface area contributed by atoms with Gasteiger partial charge in [-0.25, -0.2) is 4.68 Å². The first-order chi connectivity index (χ1) is 19.2. The number of likely N-dealkylation sites (tertiary alicyclic amines) is 1. The van der Waals surface area contributed by atoms with Crippen molar-refractivity contribution < 1.29 is 14.7 Å². The summed E-state index contributed by atoms with van der Waals surface area (Å²) < 4.78 is 1.96. The lowest BCUT2D eigenvalue weighted by Crippen LogP contribution is -2.75. The average Bonchev–Trinajstić information content (AvgIpc) is 3.25. The number of nitrogens with one attached hydrogen (secondary N) is 1. The molecule has 1 saturated carbocycles. The molecule has 3 fully saturated rings. The van der Waals surface area contributed by atoms with Crippen molar-refractivity contribution in [3.63, 3.8) is 0 Å². The maximum absolute atomic E-state index is 13.9.